The summed E-state index contributed by atoms with van der Waals surface area (Å²) >= 11 is 0. The van der Waals surface area contributed by atoms with Gasteiger partial charge in [-0.3, -0.25) is 9.59 Å². The van der Waals surface area contributed by atoms with Gasteiger partial charge < -0.3 is 4.74 Å². The van der Waals surface area contributed by atoms with Gasteiger partial charge in [-0.25, -0.2) is 0 Å². The zero-order valence-corrected chi connectivity index (χ0v) is 11.1. The van der Waals surface area contributed by atoms with Crippen molar-refractivity contribution in [2.24, 2.45) is 0 Å². The standard InChI is InChI=1S/C17H16O3/c18-16(15-9-5-2-6-10-15)13-20-17(19)12-11-14-7-3-1-4-8-14/h1-10H,11-13H2. The van der Waals surface area contributed by atoms with E-state index in [0.29, 0.717) is 12.0 Å². The topological polar surface area (TPSA) is 43.4 Å². The number of ether oxygens (including phenoxy) is 1. The molecule has 0 aliphatic heterocycles. The largest absolute Gasteiger partial charge is 0.457 e. The van der Waals surface area contributed by atoms with Gasteiger partial charge in [0.25, 0.3) is 0 Å². The van der Waals surface area contributed by atoms with Crippen LogP contribution < -0.4 is 0 Å². The summed E-state index contributed by atoms with van der Waals surface area (Å²) in [5.41, 5.74) is 1.64. The molecule has 20 heavy (non-hydrogen) atoms. The molecule has 0 heterocycles. The summed E-state index contributed by atoms with van der Waals surface area (Å²) in [6, 6.07) is 18.5. The summed E-state index contributed by atoms with van der Waals surface area (Å²) < 4.78 is 4.99. The van der Waals surface area contributed by atoms with Crippen molar-refractivity contribution in [3.05, 3.63) is 71.8 Å². The van der Waals surface area contributed by atoms with Crippen molar-refractivity contribution in [2.45, 2.75) is 12.8 Å². The Bertz CT molecular complexity index is 561. The fraction of sp³-hybridized carbons (Fsp3) is 0.176. The predicted octanol–water partition coefficient (Wildman–Crippen LogP) is 3.05. The van der Waals surface area contributed by atoms with E-state index in [1.165, 1.54) is 0 Å². The molecular weight excluding hydrogens is 252 g/mol. The van der Waals surface area contributed by atoms with Crippen LogP contribution in [0.15, 0.2) is 60.7 Å². The van der Waals surface area contributed by atoms with Crippen molar-refractivity contribution < 1.29 is 14.3 Å². The molecule has 2 aromatic rings. The third kappa shape index (κ3) is 4.35. The van der Waals surface area contributed by atoms with Gasteiger partial charge in [-0.1, -0.05) is 60.7 Å². The fourth-order valence-corrected chi connectivity index (χ4v) is 1.82. The molecule has 0 unspecified atom stereocenters. The SMILES string of the molecule is O=C(CCc1ccccc1)OCC(=O)c1ccccc1. The highest BCUT2D eigenvalue weighted by atomic mass is 16.5. The number of benzene rings is 2. The highest BCUT2D eigenvalue weighted by molar-refractivity contribution is 5.97. The second-order valence-corrected chi connectivity index (χ2v) is 4.44. The maximum Gasteiger partial charge on any atom is 0.306 e. The van der Waals surface area contributed by atoms with Crippen molar-refractivity contribution in [1.82, 2.24) is 0 Å². The van der Waals surface area contributed by atoms with E-state index in [4.69, 9.17) is 4.74 Å². The van der Waals surface area contributed by atoms with E-state index >= 15 is 0 Å². The first-order valence-corrected chi connectivity index (χ1v) is 6.53. The maximum absolute atomic E-state index is 11.7. The van der Waals surface area contributed by atoms with Crippen molar-refractivity contribution in [1.29, 1.82) is 0 Å². The predicted molar refractivity (Wildman–Crippen MR) is 76.5 cm³/mol. The zero-order valence-electron chi connectivity index (χ0n) is 11.1. The average molecular weight is 268 g/mol. The first-order chi connectivity index (χ1) is 9.75. The second kappa shape index (κ2) is 7.24. The summed E-state index contributed by atoms with van der Waals surface area (Å²) in [6.45, 7) is -0.197. The molecule has 0 fully saturated rings. The highest BCUT2D eigenvalue weighted by Gasteiger charge is 2.09. The van der Waals surface area contributed by atoms with Crippen LogP contribution in [0, 0.1) is 0 Å². The number of carbonyl (C=O) groups excluding carboxylic acids is 2. The lowest BCUT2D eigenvalue weighted by Crippen LogP contribution is -2.14. The van der Waals surface area contributed by atoms with Gasteiger partial charge in [0, 0.05) is 12.0 Å². The summed E-state index contributed by atoms with van der Waals surface area (Å²) in [7, 11) is 0. The van der Waals surface area contributed by atoms with E-state index in [2.05, 4.69) is 0 Å². The lowest BCUT2D eigenvalue weighted by molar-refractivity contribution is -0.142. The number of ketones is 1. The Labute approximate surface area is 118 Å². The van der Waals surface area contributed by atoms with Crippen LogP contribution >= 0.6 is 0 Å². The van der Waals surface area contributed by atoms with Gasteiger partial charge in [0.1, 0.15) is 0 Å². The lowest BCUT2D eigenvalue weighted by atomic mass is 10.1. The van der Waals surface area contributed by atoms with Crippen LogP contribution in [0.2, 0.25) is 0 Å². The molecule has 2 aromatic carbocycles. The maximum atomic E-state index is 11.7. The quantitative estimate of drug-likeness (QED) is 0.597. The highest BCUT2D eigenvalue weighted by Crippen LogP contribution is 2.04. The van der Waals surface area contributed by atoms with E-state index in [9.17, 15) is 9.59 Å². The summed E-state index contributed by atoms with van der Waals surface area (Å²) in [5.74, 6) is -0.531. The summed E-state index contributed by atoms with van der Waals surface area (Å²) in [5, 5.41) is 0. The van der Waals surface area contributed by atoms with E-state index in [1.54, 1.807) is 24.3 Å². The Hall–Kier alpha value is -2.42. The van der Waals surface area contributed by atoms with Gasteiger partial charge in [0.05, 0.1) is 0 Å². The van der Waals surface area contributed by atoms with E-state index in [1.807, 2.05) is 36.4 Å². The molecule has 0 amide bonds. The zero-order chi connectivity index (χ0) is 14.2. The molecule has 3 nitrogen and oxygen atoms in total. The molecule has 0 radical (unpaired) electrons. The van der Waals surface area contributed by atoms with Crippen LogP contribution in [0.1, 0.15) is 22.3 Å². The summed E-state index contributed by atoms with van der Waals surface area (Å²) in [6.07, 6.45) is 0.908. The first-order valence-electron chi connectivity index (χ1n) is 6.53. The minimum absolute atomic E-state index is 0.182. The first kappa shape index (κ1) is 14.0. The van der Waals surface area contributed by atoms with Crippen LogP contribution in [-0.4, -0.2) is 18.4 Å². The van der Waals surface area contributed by atoms with Crippen LogP contribution in [0.5, 0.6) is 0 Å². The summed E-state index contributed by atoms with van der Waals surface area (Å²) in [4.78, 5) is 23.3. The molecule has 0 spiro atoms. The lowest BCUT2D eigenvalue weighted by Gasteiger charge is -2.04. The van der Waals surface area contributed by atoms with E-state index in [-0.39, 0.29) is 24.8 Å². The van der Waals surface area contributed by atoms with E-state index in [0.717, 1.165) is 5.56 Å². The van der Waals surface area contributed by atoms with E-state index < -0.39 is 0 Å². The number of aryl methyl sites for hydroxylation is 1. The molecule has 0 aliphatic carbocycles. The number of hydrogen-bond donors (Lipinski definition) is 0. The van der Waals surface area contributed by atoms with Crippen LogP contribution in [-0.2, 0) is 16.0 Å². The van der Waals surface area contributed by atoms with Gasteiger partial charge in [-0.15, -0.1) is 0 Å². The Kier molecular flexibility index (Phi) is 5.07. The Balaban J connectivity index is 1.74. The minimum Gasteiger partial charge on any atom is -0.457 e. The molecule has 102 valence electrons. The van der Waals surface area contributed by atoms with Crippen LogP contribution in [0.3, 0.4) is 0 Å². The van der Waals surface area contributed by atoms with Crippen LogP contribution in [0.25, 0.3) is 0 Å². The molecular formula is C17H16O3. The van der Waals surface area contributed by atoms with Gasteiger partial charge in [0.15, 0.2) is 12.4 Å². The Morgan fingerprint density at radius 3 is 2.10 bits per heavy atom. The van der Waals surface area contributed by atoms with Gasteiger partial charge in [-0.2, -0.15) is 0 Å². The van der Waals surface area contributed by atoms with Crippen molar-refractivity contribution in [3.8, 4) is 0 Å². The van der Waals surface area contributed by atoms with Gasteiger partial charge in [-0.05, 0) is 12.0 Å². The van der Waals surface area contributed by atoms with Crippen molar-refractivity contribution in [3.63, 3.8) is 0 Å². The molecule has 3 heteroatoms. The fourth-order valence-electron chi connectivity index (χ4n) is 1.82. The third-order valence-electron chi connectivity index (χ3n) is 2.92. The van der Waals surface area contributed by atoms with Crippen molar-refractivity contribution in [2.75, 3.05) is 6.61 Å². The Morgan fingerprint density at radius 2 is 1.45 bits per heavy atom. The van der Waals surface area contributed by atoms with Gasteiger partial charge in [0.2, 0.25) is 0 Å². The number of esters is 1. The average Bonchev–Trinajstić information content (AvgIpc) is 2.52. The molecule has 0 atom stereocenters. The minimum atomic E-state index is -0.349. The number of rotatable bonds is 6. The third-order valence-corrected chi connectivity index (χ3v) is 2.92. The molecule has 0 aromatic heterocycles. The second-order valence-electron chi connectivity index (χ2n) is 4.44. The molecule has 0 saturated heterocycles. The normalized spacial score (nSPS) is 10.0. The number of Topliss-reactive ketones (excluding diaryl/α,β-unsaturated/α-hetero) is 1. The molecule has 0 bridgehead atoms. The molecule has 0 aliphatic rings. The molecule has 2 rings (SSSR count). The van der Waals surface area contributed by atoms with Crippen molar-refractivity contribution >= 4 is 11.8 Å². The number of carbonyl (C=O) groups is 2. The van der Waals surface area contributed by atoms with Crippen LogP contribution in [0.4, 0.5) is 0 Å². The smallest absolute Gasteiger partial charge is 0.306 e. The monoisotopic (exact) mass is 268 g/mol. The molecule has 0 saturated carbocycles. The molecule has 0 N–H and O–H groups in total. The van der Waals surface area contributed by atoms with Gasteiger partial charge >= 0.3 is 5.97 Å². The number of hydrogen-bond acceptors (Lipinski definition) is 3. The Morgan fingerprint density at radius 1 is 0.850 bits per heavy atom.